The number of pyridine rings is 1. The van der Waals surface area contributed by atoms with Gasteiger partial charge in [0.05, 0.1) is 17.5 Å². The summed E-state index contributed by atoms with van der Waals surface area (Å²) in [6, 6.07) is 15.0. The maximum Gasteiger partial charge on any atom is 0.256 e. The first-order valence-corrected chi connectivity index (χ1v) is 12.1. The van der Waals surface area contributed by atoms with Crippen LogP contribution in [-0.4, -0.2) is 38.7 Å². The van der Waals surface area contributed by atoms with Gasteiger partial charge in [0.1, 0.15) is 17.6 Å². The van der Waals surface area contributed by atoms with Crippen LogP contribution in [0.2, 0.25) is 0 Å². The highest BCUT2D eigenvalue weighted by atomic mass is 16.3. The summed E-state index contributed by atoms with van der Waals surface area (Å²) in [7, 11) is 0. The zero-order valence-corrected chi connectivity index (χ0v) is 20.8. The molecule has 2 N–H and O–H groups in total. The number of rotatable bonds is 7. The number of carbonyl (C=O) groups excluding carboxylic acids is 1. The second-order valence-electron chi connectivity index (χ2n) is 8.63. The van der Waals surface area contributed by atoms with Crippen molar-refractivity contribution in [1.82, 2.24) is 19.7 Å². The van der Waals surface area contributed by atoms with Crippen molar-refractivity contribution < 1.29 is 9.21 Å². The Morgan fingerprint density at radius 2 is 1.89 bits per heavy atom. The van der Waals surface area contributed by atoms with E-state index in [0.717, 1.165) is 30.1 Å². The van der Waals surface area contributed by atoms with Crippen LogP contribution < -0.4 is 15.5 Å². The van der Waals surface area contributed by atoms with Gasteiger partial charge in [-0.05, 0) is 76.2 Å². The average molecular weight is 484 g/mol. The predicted molar refractivity (Wildman–Crippen MR) is 140 cm³/mol. The van der Waals surface area contributed by atoms with Gasteiger partial charge in [-0.1, -0.05) is 0 Å². The van der Waals surface area contributed by atoms with Crippen LogP contribution >= 0.6 is 0 Å². The Hall–Kier alpha value is -4.40. The van der Waals surface area contributed by atoms with Gasteiger partial charge >= 0.3 is 0 Å². The van der Waals surface area contributed by atoms with Crippen LogP contribution in [0.4, 0.5) is 17.3 Å². The van der Waals surface area contributed by atoms with Crippen LogP contribution in [0.25, 0.3) is 11.4 Å². The molecule has 0 radical (unpaired) electrons. The molecule has 3 aromatic heterocycles. The fourth-order valence-corrected chi connectivity index (χ4v) is 4.48. The molecule has 1 aliphatic heterocycles. The van der Waals surface area contributed by atoms with Crippen LogP contribution in [0.1, 0.15) is 38.3 Å². The van der Waals surface area contributed by atoms with Crippen molar-refractivity contribution in [2.75, 3.05) is 28.6 Å². The molecule has 0 spiro atoms. The van der Waals surface area contributed by atoms with Gasteiger partial charge in [0, 0.05) is 36.2 Å². The van der Waals surface area contributed by atoms with Gasteiger partial charge in [-0.25, -0.2) is 4.68 Å². The Bertz CT molecular complexity index is 1400. The zero-order valence-electron chi connectivity index (χ0n) is 20.8. The number of nitrogens with one attached hydrogen (secondary N) is 2. The summed E-state index contributed by atoms with van der Waals surface area (Å²) in [5, 5.41) is 11.0. The second-order valence-corrected chi connectivity index (χ2v) is 8.63. The topological polar surface area (TPSA) is 101 Å². The molecule has 0 aliphatic carbocycles. The number of hydrogen-bond donors (Lipinski definition) is 2. The molecular formula is C27H29N7O2. The van der Waals surface area contributed by atoms with E-state index in [1.807, 2.05) is 38.1 Å². The van der Waals surface area contributed by atoms with Crippen LogP contribution in [0.5, 0.6) is 0 Å². The molecule has 4 aromatic rings. The number of aromatic nitrogens is 4. The molecular weight excluding hydrogens is 454 g/mol. The third-order valence-corrected chi connectivity index (χ3v) is 6.30. The molecule has 1 aromatic carbocycles. The van der Waals surface area contributed by atoms with Crippen molar-refractivity contribution >= 4 is 23.2 Å². The van der Waals surface area contributed by atoms with E-state index in [4.69, 9.17) is 14.5 Å². The maximum atomic E-state index is 13.5. The van der Waals surface area contributed by atoms with E-state index in [-0.39, 0.29) is 5.91 Å². The lowest BCUT2D eigenvalue weighted by Gasteiger charge is -2.27. The quantitative estimate of drug-likeness (QED) is 0.381. The summed E-state index contributed by atoms with van der Waals surface area (Å²) >= 11 is 0. The number of benzene rings is 1. The highest BCUT2D eigenvalue weighted by Gasteiger charge is 2.36. The summed E-state index contributed by atoms with van der Waals surface area (Å²) in [4.78, 5) is 24.6. The minimum atomic E-state index is -0.581. The van der Waals surface area contributed by atoms with E-state index < -0.39 is 6.04 Å². The first kappa shape index (κ1) is 23.3. The Morgan fingerprint density at radius 1 is 1.11 bits per heavy atom. The molecule has 184 valence electrons. The van der Waals surface area contributed by atoms with E-state index in [2.05, 4.69) is 46.5 Å². The lowest BCUT2D eigenvalue weighted by atomic mass is 10.00. The lowest BCUT2D eigenvalue weighted by molar-refractivity contribution is -0.113. The van der Waals surface area contributed by atoms with E-state index in [0.29, 0.717) is 34.5 Å². The average Bonchev–Trinajstić information content (AvgIpc) is 3.51. The van der Waals surface area contributed by atoms with Gasteiger partial charge in [-0.3, -0.25) is 9.78 Å². The standard InChI is InChI=1S/C27H29N7O2/c1-5-33(6-2)21-12-10-19(11-13-21)25-31-27-29-18(4)23(26(35)30-20-8-7-15-28-16-20)24(34(27)32-25)22-14-9-17(3)36-22/h7-16,24H,5-6H2,1-4H3,(H,30,35)(H,29,31,32). The van der Waals surface area contributed by atoms with Crippen LogP contribution in [0, 0.1) is 6.92 Å². The number of fused-ring (bicyclic) bond motifs is 1. The molecule has 9 heteroatoms. The van der Waals surface area contributed by atoms with Crippen molar-refractivity contribution in [2.45, 2.75) is 33.7 Å². The number of aryl methyl sites for hydroxylation is 1. The van der Waals surface area contributed by atoms with Crippen molar-refractivity contribution in [1.29, 1.82) is 0 Å². The molecule has 1 amide bonds. The van der Waals surface area contributed by atoms with Gasteiger partial charge in [0.15, 0.2) is 5.82 Å². The summed E-state index contributed by atoms with van der Waals surface area (Å²) in [5.41, 5.74) is 3.83. The molecule has 0 fully saturated rings. The minimum Gasteiger partial charge on any atom is -0.464 e. The molecule has 4 heterocycles. The lowest BCUT2D eigenvalue weighted by Crippen LogP contribution is -2.31. The molecule has 1 unspecified atom stereocenters. The first-order valence-electron chi connectivity index (χ1n) is 12.1. The van der Waals surface area contributed by atoms with Crippen molar-refractivity contribution in [2.24, 2.45) is 0 Å². The number of allylic oxidation sites excluding steroid dienone is 1. The number of hydrogen-bond acceptors (Lipinski definition) is 7. The molecule has 0 bridgehead atoms. The van der Waals surface area contributed by atoms with Gasteiger partial charge < -0.3 is 20.0 Å². The molecule has 0 saturated heterocycles. The Morgan fingerprint density at radius 3 is 2.53 bits per heavy atom. The van der Waals surface area contributed by atoms with Gasteiger partial charge in [-0.2, -0.15) is 4.98 Å². The Labute approximate surface area is 209 Å². The van der Waals surface area contributed by atoms with E-state index in [1.165, 1.54) is 0 Å². The smallest absolute Gasteiger partial charge is 0.256 e. The number of amides is 1. The van der Waals surface area contributed by atoms with Crippen LogP contribution in [0.15, 0.2) is 76.6 Å². The highest BCUT2D eigenvalue weighted by Crippen LogP contribution is 2.37. The summed E-state index contributed by atoms with van der Waals surface area (Å²) in [5.74, 6) is 2.21. The SMILES string of the molecule is CCN(CC)c1ccc(-c2nc3n(n2)C(c2ccc(C)o2)C(C(=O)Nc2cccnc2)=C(C)N3)cc1. The predicted octanol–water partition coefficient (Wildman–Crippen LogP) is 5.02. The van der Waals surface area contributed by atoms with Gasteiger partial charge in [-0.15, -0.1) is 5.10 Å². The third-order valence-electron chi connectivity index (χ3n) is 6.30. The van der Waals surface area contributed by atoms with Crippen molar-refractivity contribution in [3.63, 3.8) is 0 Å². The maximum absolute atomic E-state index is 13.5. The van der Waals surface area contributed by atoms with Gasteiger partial charge in [0.25, 0.3) is 5.91 Å². The normalized spacial score (nSPS) is 14.8. The summed E-state index contributed by atoms with van der Waals surface area (Å²) in [6.45, 7) is 9.90. The molecule has 9 nitrogen and oxygen atoms in total. The monoisotopic (exact) mass is 483 g/mol. The highest BCUT2D eigenvalue weighted by molar-refractivity contribution is 6.05. The minimum absolute atomic E-state index is 0.265. The number of carbonyl (C=O) groups is 1. The van der Waals surface area contributed by atoms with Crippen molar-refractivity contribution in [3.8, 4) is 11.4 Å². The molecule has 0 saturated carbocycles. The number of anilines is 3. The first-order chi connectivity index (χ1) is 17.5. The van der Waals surface area contributed by atoms with Crippen LogP contribution in [-0.2, 0) is 4.79 Å². The van der Waals surface area contributed by atoms with E-state index >= 15 is 0 Å². The third kappa shape index (κ3) is 4.35. The number of furan rings is 1. The van der Waals surface area contributed by atoms with E-state index in [9.17, 15) is 4.79 Å². The summed E-state index contributed by atoms with van der Waals surface area (Å²) < 4.78 is 7.71. The van der Waals surface area contributed by atoms with Crippen LogP contribution in [0.3, 0.4) is 0 Å². The van der Waals surface area contributed by atoms with Gasteiger partial charge in [0.2, 0.25) is 5.95 Å². The molecule has 5 rings (SSSR count). The largest absolute Gasteiger partial charge is 0.464 e. The fourth-order valence-electron chi connectivity index (χ4n) is 4.48. The fraction of sp³-hybridized carbons (Fsp3) is 0.259. The Kier molecular flexibility index (Phi) is 6.28. The molecule has 1 aliphatic rings. The summed E-state index contributed by atoms with van der Waals surface area (Å²) in [6.07, 6.45) is 3.27. The second kappa shape index (κ2) is 9.69. The molecule has 1 atom stereocenters. The van der Waals surface area contributed by atoms with Crippen molar-refractivity contribution in [3.05, 3.63) is 83.7 Å². The zero-order chi connectivity index (χ0) is 25.2. The van der Waals surface area contributed by atoms with E-state index in [1.54, 1.807) is 29.2 Å². The number of nitrogens with zero attached hydrogens (tertiary/aromatic N) is 5. The molecule has 36 heavy (non-hydrogen) atoms. The Balaban J connectivity index is 1.53.